The molecule has 1 fully saturated rings. The summed E-state index contributed by atoms with van der Waals surface area (Å²) in [5.41, 5.74) is 1.46. The molecule has 3 aromatic rings. The minimum Gasteiger partial charge on any atom is -0.335 e. The predicted octanol–water partition coefficient (Wildman–Crippen LogP) is 2.97. The summed E-state index contributed by atoms with van der Waals surface area (Å²) in [6.07, 6.45) is 9.10. The molecule has 0 bridgehead atoms. The van der Waals surface area contributed by atoms with Crippen LogP contribution in [0.25, 0.3) is 0 Å². The van der Waals surface area contributed by atoms with Crippen molar-refractivity contribution in [3.05, 3.63) is 72.1 Å². The van der Waals surface area contributed by atoms with E-state index in [0.29, 0.717) is 23.0 Å². The molecule has 0 radical (unpaired) electrons. The highest BCUT2D eigenvalue weighted by Crippen LogP contribution is 2.31. The molecule has 148 valence electrons. The maximum Gasteiger partial charge on any atom is 0.270 e. The number of aromatic nitrogens is 4. The first-order valence-electron chi connectivity index (χ1n) is 9.69. The van der Waals surface area contributed by atoms with Gasteiger partial charge < -0.3 is 10.6 Å². The van der Waals surface area contributed by atoms with Gasteiger partial charge in [-0.25, -0.2) is 9.97 Å². The molecule has 0 saturated heterocycles. The number of carbonyl (C=O) groups excluding carboxylic acids is 2. The average molecular weight is 390 g/mol. The van der Waals surface area contributed by atoms with E-state index in [4.69, 9.17) is 0 Å². The second-order valence-corrected chi connectivity index (χ2v) is 7.07. The molecule has 2 amide bonds. The van der Waals surface area contributed by atoms with Gasteiger partial charge in [0.15, 0.2) is 0 Å². The molecule has 0 aliphatic heterocycles. The smallest absolute Gasteiger partial charge is 0.270 e. The number of carbonyl (C=O) groups is 2. The number of nitrogens with zero attached hydrogens (tertiary/aromatic N) is 3. The maximum atomic E-state index is 12.9. The Bertz CT molecular complexity index is 968. The van der Waals surface area contributed by atoms with Crippen molar-refractivity contribution in [2.45, 2.75) is 37.6 Å². The van der Waals surface area contributed by atoms with Crippen molar-refractivity contribution in [3.63, 3.8) is 0 Å². The fourth-order valence-corrected chi connectivity index (χ4v) is 3.57. The fourth-order valence-electron chi connectivity index (χ4n) is 3.57. The van der Waals surface area contributed by atoms with Crippen LogP contribution in [0, 0.1) is 0 Å². The van der Waals surface area contributed by atoms with Gasteiger partial charge in [0.1, 0.15) is 17.6 Å². The Balaban J connectivity index is 1.54. The van der Waals surface area contributed by atoms with Crippen molar-refractivity contribution in [1.29, 1.82) is 0 Å². The Morgan fingerprint density at radius 2 is 1.90 bits per heavy atom. The quantitative estimate of drug-likeness (QED) is 0.599. The summed E-state index contributed by atoms with van der Waals surface area (Å²) in [5.74, 6) is 0.227. The van der Waals surface area contributed by atoms with Crippen LogP contribution in [0.2, 0.25) is 0 Å². The van der Waals surface area contributed by atoms with E-state index < -0.39 is 11.9 Å². The molecule has 0 spiro atoms. The Kier molecular flexibility index (Phi) is 5.60. The number of aromatic amines is 1. The first-order chi connectivity index (χ1) is 14.2. The van der Waals surface area contributed by atoms with E-state index in [0.717, 1.165) is 25.7 Å². The lowest BCUT2D eigenvalue weighted by molar-refractivity contribution is -0.118. The third-order valence-electron chi connectivity index (χ3n) is 5.06. The lowest BCUT2D eigenvalue weighted by Gasteiger charge is -2.18. The largest absolute Gasteiger partial charge is 0.335 e. The normalized spacial score (nSPS) is 15.0. The molecular formula is C21H22N6O2. The maximum absolute atomic E-state index is 12.9. The third kappa shape index (κ3) is 4.48. The van der Waals surface area contributed by atoms with Crippen molar-refractivity contribution in [2.24, 2.45) is 0 Å². The van der Waals surface area contributed by atoms with Crippen molar-refractivity contribution >= 4 is 17.5 Å². The van der Waals surface area contributed by atoms with Gasteiger partial charge in [-0.2, -0.15) is 5.10 Å². The highest BCUT2D eigenvalue weighted by Gasteiger charge is 2.25. The van der Waals surface area contributed by atoms with Gasteiger partial charge in [-0.3, -0.25) is 14.7 Å². The van der Waals surface area contributed by atoms with Gasteiger partial charge in [0.25, 0.3) is 11.8 Å². The van der Waals surface area contributed by atoms with Gasteiger partial charge >= 0.3 is 0 Å². The zero-order chi connectivity index (χ0) is 20.1. The Morgan fingerprint density at radius 3 is 2.62 bits per heavy atom. The van der Waals surface area contributed by atoms with Crippen molar-refractivity contribution in [2.75, 3.05) is 5.32 Å². The summed E-state index contributed by atoms with van der Waals surface area (Å²) >= 11 is 0. The molecule has 1 atom stereocenters. The molecule has 4 rings (SSSR count). The van der Waals surface area contributed by atoms with Crippen LogP contribution in [0.3, 0.4) is 0 Å². The first-order valence-corrected chi connectivity index (χ1v) is 9.69. The van der Waals surface area contributed by atoms with E-state index in [1.807, 2.05) is 18.2 Å². The zero-order valence-electron chi connectivity index (χ0n) is 15.8. The van der Waals surface area contributed by atoms with Crippen LogP contribution >= 0.6 is 0 Å². The lowest BCUT2D eigenvalue weighted by Crippen LogP contribution is -2.37. The summed E-state index contributed by atoms with van der Waals surface area (Å²) in [6.45, 7) is 0. The summed E-state index contributed by atoms with van der Waals surface area (Å²) in [4.78, 5) is 34.6. The molecule has 1 unspecified atom stereocenters. The highest BCUT2D eigenvalue weighted by atomic mass is 16.2. The number of hydrogen-bond donors (Lipinski definition) is 3. The van der Waals surface area contributed by atoms with E-state index in [1.165, 1.54) is 6.20 Å². The van der Waals surface area contributed by atoms with E-state index in [-0.39, 0.29) is 11.6 Å². The van der Waals surface area contributed by atoms with Gasteiger partial charge in [-0.1, -0.05) is 43.2 Å². The van der Waals surface area contributed by atoms with E-state index in [9.17, 15) is 9.59 Å². The Morgan fingerprint density at radius 1 is 1.10 bits per heavy atom. The first kappa shape index (κ1) is 18.8. The number of rotatable bonds is 6. The third-order valence-corrected chi connectivity index (χ3v) is 5.06. The van der Waals surface area contributed by atoms with Crippen molar-refractivity contribution in [3.8, 4) is 0 Å². The number of H-pyrrole nitrogens is 1. The molecular weight excluding hydrogens is 368 g/mol. The van der Waals surface area contributed by atoms with Gasteiger partial charge in [0, 0.05) is 18.3 Å². The molecule has 1 aliphatic carbocycles. The van der Waals surface area contributed by atoms with Crippen LogP contribution in [0.5, 0.6) is 0 Å². The second kappa shape index (κ2) is 8.64. The monoisotopic (exact) mass is 390 g/mol. The number of benzene rings is 1. The predicted molar refractivity (Wildman–Crippen MR) is 107 cm³/mol. The average Bonchev–Trinajstić information content (AvgIpc) is 3.47. The highest BCUT2D eigenvalue weighted by molar-refractivity contribution is 6.00. The molecule has 8 heteroatoms. The van der Waals surface area contributed by atoms with Crippen LogP contribution < -0.4 is 10.6 Å². The van der Waals surface area contributed by atoms with Crippen LogP contribution in [0.1, 0.15) is 59.5 Å². The van der Waals surface area contributed by atoms with Crippen LogP contribution in [-0.2, 0) is 4.79 Å². The Labute approximate surface area is 168 Å². The van der Waals surface area contributed by atoms with Crippen LogP contribution in [-0.4, -0.2) is 32.0 Å². The SMILES string of the molecule is O=C(NC(C(=O)Nc1cn[nH]c1)c1ccccc1)c1ccnc(C2CCCC2)n1. The molecule has 8 nitrogen and oxygen atoms in total. The van der Waals surface area contributed by atoms with Crippen molar-refractivity contribution in [1.82, 2.24) is 25.5 Å². The van der Waals surface area contributed by atoms with Crippen molar-refractivity contribution < 1.29 is 9.59 Å². The minimum atomic E-state index is -0.872. The van der Waals surface area contributed by atoms with Gasteiger partial charge in [-0.05, 0) is 24.5 Å². The molecule has 3 N–H and O–H groups in total. The summed E-state index contributed by atoms with van der Waals surface area (Å²) < 4.78 is 0. The summed E-state index contributed by atoms with van der Waals surface area (Å²) in [5, 5.41) is 12.0. The molecule has 1 saturated carbocycles. The topological polar surface area (TPSA) is 113 Å². The van der Waals surface area contributed by atoms with Crippen LogP contribution in [0.4, 0.5) is 5.69 Å². The van der Waals surface area contributed by atoms with Gasteiger partial charge in [0.2, 0.25) is 0 Å². The molecule has 2 aromatic heterocycles. The molecule has 2 heterocycles. The Hall–Kier alpha value is -3.55. The molecule has 1 aromatic carbocycles. The minimum absolute atomic E-state index is 0.263. The standard InChI is InChI=1S/C21H22N6O2/c28-20(17-10-11-22-19(26-17)15-8-4-5-9-15)27-18(14-6-2-1-3-7-14)21(29)25-16-12-23-24-13-16/h1-3,6-7,10-13,15,18H,4-5,8-9H2,(H,23,24)(H,25,29)(H,27,28). The summed E-state index contributed by atoms with van der Waals surface area (Å²) in [6, 6.07) is 9.79. The number of hydrogen-bond acceptors (Lipinski definition) is 5. The molecule has 1 aliphatic rings. The van der Waals surface area contributed by atoms with Gasteiger partial charge in [-0.15, -0.1) is 0 Å². The fraction of sp³-hybridized carbons (Fsp3) is 0.286. The summed E-state index contributed by atoms with van der Waals surface area (Å²) in [7, 11) is 0. The number of nitrogens with one attached hydrogen (secondary N) is 3. The second-order valence-electron chi connectivity index (χ2n) is 7.07. The number of amides is 2. The lowest BCUT2D eigenvalue weighted by atomic mass is 10.1. The molecule has 29 heavy (non-hydrogen) atoms. The van der Waals surface area contributed by atoms with E-state index in [1.54, 1.807) is 30.6 Å². The van der Waals surface area contributed by atoms with Gasteiger partial charge in [0.05, 0.1) is 11.9 Å². The van der Waals surface area contributed by atoms with E-state index >= 15 is 0 Å². The van der Waals surface area contributed by atoms with E-state index in [2.05, 4.69) is 30.8 Å². The zero-order valence-corrected chi connectivity index (χ0v) is 15.8. The number of anilines is 1. The van der Waals surface area contributed by atoms with Crippen LogP contribution in [0.15, 0.2) is 55.0 Å².